The maximum Gasteiger partial charge on any atom is 0.317 e. The van der Waals surface area contributed by atoms with Crippen LogP contribution in [0.4, 0.5) is 0 Å². The number of nitrogens with zero attached hydrogens (tertiary/aromatic N) is 6. The molecule has 0 aromatic rings. The summed E-state index contributed by atoms with van der Waals surface area (Å²) >= 11 is 0. The summed E-state index contributed by atoms with van der Waals surface area (Å²) in [4.78, 5) is 67.7. The Morgan fingerprint density at radius 3 is 0.650 bits per heavy atom. The summed E-state index contributed by atoms with van der Waals surface area (Å²) in [6, 6.07) is 0. The molecule has 40 heavy (non-hydrogen) atoms. The number of hydrogen-bond acceptors (Lipinski definition) is 11. The second-order valence-corrected chi connectivity index (χ2v) is 9.78. The van der Waals surface area contributed by atoms with Gasteiger partial charge in [0.05, 0.1) is 32.7 Å². The first-order chi connectivity index (χ1) is 18.9. The molecule has 0 aliphatic carbocycles. The van der Waals surface area contributed by atoms with Gasteiger partial charge in [0.1, 0.15) is 0 Å². The highest BCUT2D eigenvalue weighted by atomic mass is 16.4. The van der Waals surface area contributed by atoms with Gasteiger partial charge in [0, 0.05) is 78.5 Å². The molecule has 0 bridgehead atoms. The molecular formula is C24H44N6O10. The van der Waals surface area contributed by atoms with Gasteiger partial charge in [-0.05, 0) is 6.54 Å². The average molecular weight is 577 g/mol. The first-order valence-corrected chi connectivity index (χ1v) is 13.3. The molecule has 0 unspecified atom stereocenters. The van der Waals surface area contributed by atoms with Gasteiger partial charge in [-0.15, -0.1) is 0 Å². The van der Waals surface area contributed by atoms with Crippen molar-refractivity contribution in [3.8, 4) is 0 Å². The molecule has 1 aliphatic rings. The summed E-state index contributed by atoms with van der Waals surface area (Å²) in [6.45, 7) is 4.96. The van der Waals surface area contributed by atoms with Crippen LogP contribution in [-0.2, 0) is 24.0 Å². The molecule has 1 fully saturated rings. The Morgan fingerprint density at radius 2 is 0.525 bits per heavy atom. The predicted molar refractivity (Wildman–Crippen MR) is 142 cm³/mol. The number of carboxylic acid groups (broad SMARTS) is 5. The van der Waals surface area contributed by atoms with E-state index < -0.39 is 29.8 Å². The third kappa shape index (κ3) is 16.9. The van der Waals surface area contributed by atoms with Crippen LogP contribution in [0.5, 0.6) is 0 Å². The van der Waals surface area contributed by atoms with Crippen molar-refractivity contribution in [2.75, 3.05) is 118 Å². The molecule has 0 saturated carbocycles. The highest BCUT2D eigenvalue weighted by molar-refractivity contribution is 5.70. The van der Waals surface area contributed by atoms with Crippen molar-refractivity contribution in [3.05, 3.63) is 0 Å². The lowest BCUT2D eigenvalue weighted by Crippen LogP contribution is -2.48. The van der Waals surface area contributed by atoms with Crippen molar-refractivity contribution in [3.63, 3.8) is 0 Å². The Bertz CT molecular complexity index is 776. The van der Waals surface area contributed by atoms with E-state index in [-0.39, 0.29) is 85.1 Å². The molecule has 5 N–H and O–H groups in total. The lowest BCUT2D eigenvalue weighted by atomic mass is 10.3. The van der Waals surface area contributed by atoms with Gasteiger partial charge in [0.2, 0.25) is 0 Å². The Morgan fingerprint density at radius 1 is 0.375 bits per heavy atom. The van der Waals surface area contributed by atoms with Gasteiger partial charge >= 0.3 is 29.8 Å². The second kappa shape index (κ2) is 19.2. The number of aliphatic carboxylic acids is 5. The first kappa shape index (κ1) is 35.1. The summed E-state index contributed by atoms with van der Waals surface area (Å²) in [5, 5.41) is 46.9. The van der Waals surface area contributed by atoms with E-state index >= 15 is 0 Å². The van der Waals surface area contributed by atoms with Gasteiger partial charge in [0.15, 0.2) is 0 Å². The predicted octanol–water partition coefficient (Wildman–Crippen LogP) is -2.75. The third-order valence-electron chi connectivity index (χ3n) is 6.64. The first-order valence-electron chi connectivity index (χ1n) is 13.3. The summed E-state index contributed by atoms with van der Waals surface area (Å²) in [6.07, 6.45) is 0. The Balaban J connectivity index is 3.19. The summed E-state index contributed by atoms with van der Waals surface area (Å²) in [7, 11) is 0. The van der Waals surface area contributed by atoms with Crippen LogP contribution >= 0.6 is 0 Å². The van der Waals surface area contributed by atoms with Gasteiger partial charge in [-0.3, -0.25) is 48.5 Å². The van der Waals surface area contributed by atoms with E-state index in [0.717, 1.165) is 0 Å². The summed E-state index contributed by atoms with van der Waals surface area (Å²) < 4.78 is 0. The maximum absolute atomic E-state index is 11.5. The van der Waals surface area contributed by atoms with Crippen molar-refractivity contribution >= 4 is 29.8 Å². The fourth-order valence-electron chi connectivity index (χ4n) is 4.43. The highest BCUT2D eigenvalue weighted by Crippen LogP contribution is 2.02. The molecule has 0 atom stereocenters. The van der Waals surface area contributed by atoms with Gasteiger partial charge in [0.25, 0.3) is 0 Å². The molecular weight excluding hydrogens is 532 g/mol. The van der Waals surface area contributed by atoms with Crippen LogP contribution in [0.2, 0.25) is 0 Å². The average Bonchev–Trinajstić information content (AvgIpc) is 2.84. The number of likely N-dealkylation sites (N-methyl/N-ethyl adjacent to an activating group) is 1. The van der Waals surface area contributed by atoms with E-state index in [1.807, 2.05) is 6.92 Å². The lowest BCUT2D eigenvalue weighted by Gasteiger charge is -2.32. The smallest absolute Gasteiger partial charge is 0.317 e. The van der Waals surface area contributed by atoms with Crippen molar-refractivity contribution in [2.45, 2.75) is 6.92 Å². The van der Waals surface area contributed by atoms with Crippen molar-refractivity contribution in [1.29, 1.82) is 0 Å². The zero-order valence-electron chi connectivity index (χ0n) is 23.2. The van der Waals surface area contributed by atoms with Crippen LogP contribution in [-0.4, -0.2) is 203 Å². The standard InChI is InChI=1S/C24H44N6O10/c1-2-25-3-5-26(15-20(31)32)7-9-28(17-22(35)36)11-13-30(19-24(39)40)14-12-29(18-23(37)38)10-8-27(6-4-25)16-21(33)34/h2-19H2,1H3,(H,31,32)(H,33,34)(H,35,36)(H,37,38)(H,39,40). The zero-order chi connectivity index (χ0) is 30.1. The molecule has 0 aromatic carbocycles. The van der Waals surface area contributed by atoms with E-state index in [0.29, 0.717) is 32.7 Å². The van der Waals surface area contributed by atoms with Crippen LogP contribution < -0.4 is 0 Å². The molecule has 1 aliphatic heterocycles. The van der Waals surface area contributed by atoms with Crippen molar-refractivity contribution in [1.82, 2.24) is 29.4 Å². The largest absolute Gasteiger partial charge is 0.480 e. The highest BCUT2D eigenvalue weighted by Gasteiger charge is 2.21. The fraction of sp³-hybridized carbons (Fsp3) is 0.792. The minimum atomic E-state index is -1.09. The van der Waals surface area contributed by atoms with Crippen molar-refractivity contribution < 1.29 is 49.5 Å². The van der Waals surface area contributed by atoms with E-state index in [1.54, 1.807) is 24.5 Å². The van der Waals surface area contributed by atoms with Gasteiger partial charge < -0.3 is 30.4 Å². The number of carboxylic acids is 5. The monoisotopic (exact) mass is 576 g/mol. The molecule has 16 heteroatoms. The fourth-order valence-corrected chi connectivity index (χ4v) is 4.43. The van der Waals surface area contributed by atoms with Gasteiger partial charge in [-0.25, -0.2) is 0 Å². The normalized spacial score (nSPS) is 19.9. The maximum atomic E-state index is 11.5. The second-order valence-electron chi connectivity index (χ2n) is 9.78. The molecule has 1 rings (SSSR count). The summed E-state index contributed by atoms with van der Waals surface area (Å²) in [5.74, 6) is -5.24. The summed E-state index contributed by atoms with van der Waals surface area (Å²) in [5.41, 5.74) is 0. The quantitative estimate of drug-likeness (QED) is 0.169. The topological polar surface area (TPSA) is 206 Å². The Labute approximate surface area is 233 Å². The zero-order valence-corrected chi connectivity index (χ0v) is 23.2. The SMILES string of the molecule is CCN1CCN(CC(=O)O)CCN(CC(=O)O)CCN(CC(=O)O)CCN(CC(=O)O)CCN(CC(=O)O)CC1. The van der Waals surface area contributed by atoms with Crippen LogP contribution in [0.15, 0.2) is 0 Å². The van der Waals surface area contributed by atoms with Gasteiger partial charge in [-0.1, -0.05) is 6.92 Å². The number of carbonyl (C=O) groups is 5. The minimum absolute atomic E-state index is 0.203. The van der Waals surface area contributed by atoms with Gasteiger partial charge in [-0.2, -0.15) is 0 Å². The molecule has 0 radical (unpaired) electrons. The van der Waals surface area contributed by atoms with Crippen LogP contribution in [0.1, 0.15) is 6.92 Å². The molecule has 230 valence electrons. The molecule has 1 saturated heterocycles. The van der Waals surface area contributed by atoms with Crippen LogP contribution in [0.25, 0.3) is 0 Å². The minimum Gasteiger partial charge on any atom is -0.480 e. The molecule has 0 amide bonds. The molecule has 0 aromatic heterocycles. The number of hydrogen-bond donors (Lipinski definition) is 5. The lowest BCUT2D eigenvalue weighted by molar-refractivity contribution is -0.141. The van der Waals surface area contributed by atoms with E-state index in [1.165, 1.54) is 0 Å². The van der Waals surface area contributed by atoms with E-state index in [9.17, 15) is 49.5 Å². The Kier molecular flexibility index (Phi) is 16.9. The molecule has 0 spiro atoms. The van der Waals surface area contributed by atoms with Crippen LogP contribution in [0, 0.1) is 0 Å². The molecule has 1 heterocycles. The number of rotatable bonds is 11. The van der Waals surface area contributed by atoms with E-state index in [2.05, 4.69) is 4.90 Å². The third-order valence-corrected chi connectivity index (χ3v) is 6.64. The van der Waals surface area contributed by atoms with Crippen molar-refractivity contribution in [2.24, 2.45) is 0 Å². The Hall–Kier alpha value is -2.89. The molecule has 16 nitrogen and oxygen atoms in total. The van der Waals surface area contributed by atoms with Crippen LogP contribution in [0.3, 0.4) is 0 Å². The van der Waals surface area contributed by atoms with E-state index in [4.69, 9.17) is 0 Å².